The minimum atomic E-state index is -1.75. The molecule has 6 N–H and O–H groups in total. The van der Waals surface area contributed by atoms with Gasteiger partial charge < -0.3 is 45.0 Å². The molecule has 1 aliphatic heterocycles. The second-order valence-corrected chi connectivity index (χ2v) is 10.9. The number of likely N-dealkylation sites (N-methyl/N-ethyl adjacent to an activating group) is 1. The van der Waals surface area contributed by atoms with Gasteiger partial charge in [0.2, 0.25) is 5.78 Å². The van der Waals surface area contributed by atoms with Crippen LogP contribution in [-0.2, 0) is 9.47 Å². The van der Waals surface area contributed by atoms with Crippen molar-refractivity contribution >= 4 is 11.6 Å². The molecule has 3 aliphatic rings. The first-order valence-corrected chi connectivity index (χ1v) is 12.9. The van der Waals surface area contributed by atoms with E-state index in [2.05, 4.69) is 0 Å². The van der Waals surface area contributed by atoms with Gasteiger partial charge in [0.1, 0.15) is 23.4 Å². The van der Waals surface area contributed by atoms with Gasteiger partial charge in [0.15, 0.2) is 12.1 Å². The van der Waals surface area contributed by atoms with E-state index in [1.165, 1.54) is 18.2 Å². The molecule has 0 saturated carbocycles. The van der Waals surface area contributed by atoms with E-state index < -0.39 is 76.2 Å². The zero-order valence-electron chi connectivity index (χ0n) is 22.1. The number of carbonyl (C=O) groups is 2. The van der Waals surface area contributed by atoms with Crippen molar-refractivity contribution in [3.8, 4) is 17.2 Å². The van der Waals surface area contributed by atoms with Crippen molar-refractivity contribution in [2.45, 2.75) is 75.5 Å². The molecule has 2 aliphatic carbocycles. The van der Waals surface area contributed by atoms with Crippen LogP contribution in [0, 0.1) is 0 Å². The van der Waals surface area contributed by atoms with Gasteiger partial charge in [0.05, 0.1) is 40.6 Å². The summed E-state index contributed by atoms with van der Waals surface area (Å²) < 4.78 is 12.1. The van der Waals surface area contributed by atoms with E-state index in [9.17, 15) is 40.2 Å². The number of ketones is 2. The third-order valence-corrected chi connectivity index (χ3v) is 8.36. The van der Waals surface area contributed by atoms with Crippen LogP contribution in [0.3, 0.4) is 0 Å². The molecule has 11 heteroatoms. The maximum atomic E-state index is 13.5. The molecule has 39 heavy (non-hydrogen) atoms. The van der Waals surface area contributed by atoms with Gasteiger partial charge in [-0.1, -0.05) is 19.1 Å². The summed E-state index contributed by atoms with van der Waals surface area (Å²) in [6.07, 6.45) is -5.33. The molecule has 0 radical (unpaired) electrons. The number of ether oxygens (including phenoxy) is 2. The largest absolute Gasteiger partial charge is 0.507 e. The summed E-state index contributed by atoms with van der Waals surface area (Å²) in [5, 5.41) is 66.4. The van der Waals surface area contributed by atoms with Crippen LogP contribution >= 0.6 is 0 Å². The van der Waals surface area contributed by atoms with Crippen LogP contribution in [0.15, 0.2) is 18.2 Å². The summed E-state index contributed by atoms with van der Waals surface area (Å²) in [6.45, 7) is 3.34. The molecule has 1 heterocycles. The molecule has 7 atom stereocenters. The number of aromatic hydroxyl groups is 3. The number of phenols is 3. The Balaban J connectivity index is 1.68. The number of benzene rings is 2. The first-order chi connectivity index (χ1) is 18.3. The lowest BCUT2D eigenvalue weighted by Gasteiger charge is -2.47. The maximum Gasteiger partial charge on any atom is 0.202 e. The average molecular weight is 544 g/mol. The number of aliphatic hydroxyl groups is 3. The number of hydrogen-bond donors (Lipinski definition) is 6. The zero-order chi connectivity index (χ0) is 28.5. The van der Waals surface area contributed by atoms with Crippen LogP contribution < -0.4 is 0 Å². The third kappa shape index (κ3) is 4.03. The fourth-order valence-corrected chi connectivity index (χ4v) is 6.15. The van der Waals surface area contributed by atoms with Gasteiger partial charge in [0, 0.05) is 35.6 Å². The van der Waals surface area contributed by atoms with Crippen molar-refractivity contribution in [1.82, 2.24) is 4.90 Å². The zero-order valence-corrected chi connectivity index (χ0v) is 22.1. The Hall–Kier alpha value is -3.06. The monoisotopic (exact) mass is 543 g/mol. The van der Waals surface area contributed by atoms with Crippen molar-refractivity contribution in [2.75, 3.05) is 14.1 Å². The Morgan fingerprint density at radius 1 is 1.03 bits per heavy atom. The highest BCUT2D eigenvalue weighted by atomic mass is 16.7. The van der Waals surface area contributed by atoms with E-state index in [0.29, 0.717) is 0 Å². The summed E-state index contributed by atoms with van der Waals surface area (Å²) in [7, 11) is 3.60. The van der Waals surface area contributed by atoms with Crippen molar-refractivity contribution in [1.29, 1.82) is 0 Å². The molecule has 1 saturated heterocycles. The number of carbonyl (C=O) groups excluding carboxylic acids is 2. The lowest BCUT2D eigenvalue weighted by Crippen LogP contribution is -2.54. The summed E-state index contributed by atoms with van der Waals surface area (Å²) in [5.41, 5.74) is -3.73. The normalized spacial score (nSPS) is 32.1. The predicted molar refractivity (Wildman–Crippen MR) is 136 cm³/mol. The third-order valence-electron chi connectivity index (χ3n) is 8.36. The highest BCUT2D eigenvalue weighted by Crippen LogP contribution is 2.56. The Morgan fingerprint density at radius 2 is 1.67 bits per heavy atom. The Bertz CT molecular complexity index is 1360. The quantitative estimate of drug-likeness (QED) is 0.264. The molecule has 2 aromatic rings. The maximum absolute atomic E-state index is 13.5. The molecular formula is C28H33NO10. The van der Waals surface area contributed by atoms with E-state index in [1.54, 1.807) is 27.9 Å². The molecule has 0 unspecified atom stereocenters. The molecule has 0 amide bonds. The van der Waals surface area contributed by atoms with Crippen molar-refractivity contribution in [2.24, 2.45) is 0 Å². The van der Waals surface area contributed by atoms with Crippen LogP contribution in [-0.4, -0.2) is 91.3 Å². The van der Waals surface area contributed by atoms with E-state index in [0.717, 1.165) is 0 Å². The number of aliphatic hydroxyl groups excluding tert-OH is 2. The number of fused-ring (bicyclic) bond motifs is 3. The minimum Gasteiger partial charge on any atom is -0.507 e. The van der Waals surface area contributed by atoms with E-state index in [-0.39, 0.29) is 47.6 Å². The van der Waals surface area contributed by atoms with Gasteiger partial charge in [-0.2, -0.15) is 0 Å². The molecule has 5 rings (SSSR count). The van der Waals surface area contributed by atoms with Gasteiger partial charge in [-0.15, -0.1) is 0 Å². The first-order valence-electron chi connectivity index (χ1n) is 12.9. The molecule has 11 nitrogen and oxygen atoms in total. The predicted octanol–water partition coefficient (Wildman–Crippen LogP) is 1.64. The lowest BCUT2D eigenvalue weighted by molar-refractivity contribution is -0.279. The smallest absolute Gasteiger partial charge is 0.202 e. The second kappa shape index (κ2) is 9.54. The Labute approximate surface area is 224 Å². The van der Waals surface area contributed by atoms with Crippen LogP contribution in [0.4, 0.5) is 0 Å². The Morgan fingerprint density at radius 3 is 2.31 bits per heavy atom. The molecule has 1 fully saturated rings. The number of phenolic OH excluding ortho intramolecular Hbond substituents is 3. The summed E-state index contributed by atoms with van der Waals surface area (Å²) in [5.74, 6) is -3.61. The Kier molecular flexibility index (Phi) is 6.73. The average Bonchev–Trinajstić information content (AvgIpc) is 2.87. The number of hydrogen-bond acceptors (Lipinski definition) is 11. The van der Waals surface area contributed by atoms with Crippen LogP contribution in [0.1, 0.15) is 88.3 Å². The topological polar surface area (TPSA) is 177 Å². The summed E-state index contributed by atoms with van der Waals surface area (Å²) in [6, 6.07) is 3.58. The second-order valence-electron chi connectivity index (χ2n) is 10.9. The van der Waals surface area contributed by atoms with E-state index >= 15 is 0 Å². The highest BCUT2D eigenvalue weighted by Gasteiger charge is 2.52. The highest BCUT2D eigenvalue weighted by molar-refractivity contribution is 6.31. The van der Waals surface area contributed by atoms with Crippen LogP contribution in [0.5, 0.6) is 17.2 Å². The fraction of sp³-hybridized carbons (Fsp3) is 0.500. The standard InChI is InChI=1S/C28H33NO10/c1-5-28(37)10-15(31)18-21(27(28)39-16-9-13(29(3)4)22(32)11(2)38-16)26(36)19-20(25(18)35)24(34)17-12(23(19)33)7-6-8-14(17)30/h6-8,11,13,15-16,22,27,30-32,35-37H,5,9-10H2,1-4H3/t11-,13-,15+,16-,22+,27-,28-/m1/s1. The number of rotatable bonds is 4. The first kappa shape index (κ1) is 27.5. The molecular weight excluding hydrogens is 510 g/mol. The van der Waals surface area contributed by atoms with Crippen molar-refractivity contribution < 1.29 is 49.7 Å². The molecule has 0 aromatic heterocycles. The summed E-state index contributed by atoms with van der Waals surface area (Å²) in [4.78, 5) is 28.7. The van der Waals surface area contributed by atoms with Crippen molar-refractivity contribution in [3.05, 3.63) is 51.6 Å². The van der Waals surface area contributed by atoms with Gasteiger partial charge in [0.25, 0.3) is 0 Å². The van der Waals surface area contributed by atoms with Crippen molar-refractivity contribution in [3.63, 3.8) is 0 Å². The lowest BCUT2D eigenvalue weighted by atomic mass is 9.70. The molecule has 2 aromatic carbocycles. The minimum absolute atomic E-state index is 0.0665. The summed E-state index contributed by atoms with van der Waals surface area (Å²) >= 11 is 0. The molecule has 0 spiro atoms. The van der Waals surface area contributed by atoms with E-state index in [4.69, 9.17) is 9.47 Å². The van der Waals surface area contributed by atoms with Crippen LogP contribution in [0.2, 0.25) is 0 Å². The van der Waals surface area contributed by atoms with Gasteiger partial charge in [-0.25, -0.2) is 0 Å². The molecule has 0 bridgehead atoms. The fourth-order valence-electron chi connectivity index (χ4n) is 6.15. The SMILES string of the molecule is CC[C@@]1(O)C[C@H](O)c2c(O)c3c(c(O)c2[C@H]1O[C@@H]1C[C@@H](N(C)C)[C@@H](O)[C@@H](C)O1)C(=O)c1cccc(O)c1C3=O. The van der Waals surface area contributed by atoms with Crippen LogP contribution in [0.25, 0.3) is 0 Å². The van der Waals surface area contributed by atoms with E-state index in [1.807, 2.05) is 4.90 Å². The van der Waals surface area contributed by atoms with Gasteiger partial charge in [-0.3, -0.25) is 9.59 Å². The number of nitrogens with zero attached hydrogens (tertiary/aromatic N) is 1. The molecule has 210 valence electrons. The van der Waals surface area contributed by atoms with Gasteiger partial charge >= 0.3 is 0 Å². The van der Waals surface area contributed by atoms with Gasteiger partial charge in [-0.05, 0) is 33.5 Å².